The van der Waals surface area contributed by atoms with Crippen LogP contribution in [0.1, 0.15) is 69.7 Å². The summed E-state index contributed by atoms with van der Waals surface area (Å²) in [5, 5.41) is 0. The number of hydrogen-bond donors (Lipinski definition) is 0. The van der Waals surface area contributed by atoms with Crippen LogP contribution in [0.3, 0.4) is 0 Å². The monoisotopic (exact) mass is 600 g/mol. The zero-order chi connectivity index (χ0) is 25.8. The van der Waals surface area contributed by atoms with Gasteiger partial charge in [-0.15, -0.1) is 0 Å². The van der Waals surface area contributed by atoms with Crippen molar-refractivity contribution in [3.05, 3.63) is 144 Å². The van der Waals surface area contributed by atoms with E-state index in [0.29, 0.717) is 0 Å². The molecule has 0 bridgehead atoms. The molecular formula is C34H40O2Sn. The molecule has 0 aliphatic rings. The van der Waals surface area contributed by atoms with Crippen LogP contribution in [0.5, 0.6) is 0 Å². The normalized spacial score (nSPS) is 11.8. The molecule has 192 valence electrons. The molecule has 4 aromatic rings. The van der Waals surface area contributed by atoms with E-state index in [1.165, 1.54) is 22.3 Å². The molecule has 0 spiro atoms. The summed E-state index contributed by atoms with van der Waals surface area (Å²) in [5.74, 6) is 0. The van der Waals surface area contributed by atoms with E-state index in [0.717, 1.165) is 38.9 Å². The van der Waals surface area contributed by atoms with Gasteiger partial charge in [0.25, 0.3) is 0 Å². The predicted octanol–water partition coefficient (Wildman–Crippen LogP) is 8.80. The van der Waals surface area contributed by atoms with Gasteiger partial charge in [0.1, 0.15) is 0 Å². The Kier molecular flexibility index (Phi) is 10.8. The molecule has 0 unspecified atom stereocenters. The van der Waals surface area contributed by atoms with Crippen molar-refractivity contribution in [2.24, 2.45) is 0 Å². The van der Waals surface area contributed by atoms with Gasteiger partial charge in [0.05, 0.1) is 0 Å². The van der Waals surface area contributed by atoms with Gasteiger partial charge in [-0.2, -0.15) is 0 Å². The van der Waals surface area contributed by atoms with Crippen molar-refractivity contribution in [2.75, 3.05) is 13.2 Å². The van der Waals surface area contributed by atoms with Crippen LogP contribution in [0.2, 0.25) is 0 Å². The topological polar surface area (TPSA) is 18.5 Å². The predicted molar refractivity (Wildman–Crippen MR) is 157 cm³/mol. The molecular weight excluding hydrogens is 559 g/mol. The molecule has 2 nitrogen and oxygen atoms in total. The summed E-state index contributed by atoms with van der Waals surface area (Å²) in [5.41, 5.74) is 5.15. The van der Waals surface area contributed by atoms with Crippen LogP contribution in [-0.4, -0.2) is 32.4 Å². The molecule has 0 aromatic heterocycles. The molecule has 0 fully saturated rings. The Morgan fingerprint density at radius 1 is 0.459 bits per heavy atom. The first kappa shape index (κ1) is 27.6. The van der Waals surface area contributed by atoms with Crippen molar-refractivity contribution in [1.82, 2.24) is 0 Å². The minimum absolute atomic E-state index is 0.0795. The van der Waals surface area contributed by atoms with Crippen LogP contribution in [0.15, 0.2) is 121 Å². The van der Waals surface area contributed by atoms with E-state index < -0.39 is 19.2 Å². The maximum atomic E-state index is 7.35. The summed E-state index contributed by atoms with van der Waals surface area (Å²) in [6.07, 6.45) is 4.25. The molecule has 0 aliphatic heterocycles. The second-order valence-electron chi connectivity index (χ2n) is 9.63. The van der Waals surface area contributed by atoms with Gasteiger partial charge >= 0.3 is 230 Å². The molecule has 37 heavy (non-hydrogen) atoms. The summed E-state index contributed by atoms with van der Waals surface area (Å²) in [7, 11) is 0. The van der Waals surface area contributed by atoms with Gasteiger partial charge in [0.2, 0.25) is 0 Å². The number of unbranched alkanes of at least 4 members (excludes halogenated alkanes) is 2. The Hall–Kier alpha value is -2.40. The Morgan fingerprint density at radius 3 is 0.973 bits per heavy atom. The Bertz CT molecular complexity index is 976. The summed E-state index contributed by atoms with van der Waals surface area (Å²) >= 11 is -4.19. The fourth-order valence-corrected chi connectivity index (χ4v) is 18.4. The molecule has 4 aromatic carbocycles. The summed E-state index contributed by atoms with van der Waals surface area (Å²) in [4.78, 5) is 0. The molecule has 0 aliphatic carbocycles. The van der Waals surface area contributed by atoms with Gasteiger partial charge < -0.3 is 0 Å². The zero-order valence-corrected chi connectivity index (χ0v) is 25.1. The summed E-state index contributed by atoms with van der Waals surface area (Å²) < 4.78 is 14.9. The fourth-order valence-electron chi connectivity index (χ4n) is 5.19. The first-order chi connectivity index (χ1) is 18.3. The van der Waals surface area contributed by atoms with E-state index in [4.69, 9.17) is 6.15 Å². The standard InChI is InChI=1S/2C13H11.2C4H9O.Sn/c2*1-3-7-12(8-4-1)11-13-9-5-2-6-10-13;2*1-2-3-4-5;/h2*1-11H;2*2-4H2,1H3;/q;;2*-1;+2. The van der Waals surface area contributed by atoms with Gasteiger partial charge in [-0.1, -0.05) is 0 Å². The van der Waals surface area contributed by atoms with Crippen molar-refractivity contribution in [3.63, 3.8) is 0 Å². The Labute approximate surface area is 228 Å². The van der Waals surface area contributed by atoms with E-state index in [1.807, 2.05) is 0 Å². The first-order valence-corrected chi connectivity index (χ1v) is 19.4. The van der Waals surface area contributed by atoms with Crippen LogP contribution in [0, 0.1) is 0 Å². The molecule has 0 radical (unpaired) electrons. The van der Waals surface area contributed by atoms with Crippen LogP contribution < -0.4 is 0 Å². The molecule has 0 amide bonds. The molecule has 0 atom stereocenters. The Balaban J connectivity index is 2.02. The van der Waals surface area contributed by atoms with Crippen LogP contribution in [-0.2, 0) is 6.15 Å². The third-order valence-corrected chi connectivity index (χ3v) is 19.1. The van der Waals surface area contributed by atoms with Crippen LogP contribution in [0.4, 0.5) is 0 Å². The van der Waals surface area contributed by atoms with Gasteiger partial charge in [-0.3, -0.25) is 0 Å². The van der Waals surface area contributed by atoms with Crippen molar-refractivity contribution in [3.8, 4) is 0 Å². The molecule has 0 heterocycles. The quantitative estimate of drug-likeness (QED) is 0.107. The maximum absolute atomic E-state index is 7.35. The SMILES string of the molecule is CCCC[O][Sn]([O]CCCC)([CH](c1ccccc1)c1ccccc1)[CH](c1ccccc1)c1ccccc1. The number of rotatable bonds is 14. The molecule has 0 N–H and O–H groups in total. The van der Waals surface area contributed by atoms with E-state index in [1.54, 1.807) is 0 Å². The third-order valence-electron chi connectivity index (χ3n) is 6.99. The molecule has 0 saturated heterocycles. The van der Waals surface area contributed by atoms with Crippen molar-refractivity contribution >= 4 is 19.2 Å². The van der Waals surface area contributed by atoms with Crippen molar-refractivity contribution in [2.45, 2.75) is 47.4 Å². The summed E-state index contributed by atoms with van der Waals surface area (Å²) in [6.45, 7) is 5.92. The molecule has 0 saturated carbocycles. The van der Waals surface area contributed by atoms with Gasteiger partial charge in [-0.05, 0) is 0 Å². The average molecular weight is 599 g/mol. The van der Waals surface area contributed by atoms with Crippen LogP contribution >= 0.6 is 0 Å². The van der Waals surface area contributed by atoms with E-state index in [2.05, 4.69) is 135 Å². The second-order valence-corrected chi connectivity index (χ2v) is 18.7. The number of hydrogen-bond acceptors (Lipinski definition) is 2. The van der Waals surface area contributed by atoms with Gasteiger partial charge in [0, 0.05) is 0 Å². The van der Waals surface area contributed by atoms with E-state index >= 15 is 0 Å². The van der Waals surface area contributed by atoms with Crippen molar-refractivity contribution < 1.29 is 6.15 Å². The van der Waals surface area contributed by atoms with Crippen molar-refractivity contribution in [1.29, 1.82) is 0 Å². The van der Waals surface area contributed by atoms with Gasteiger partial charge in [0.15, 0.2) is 0 Å². The fraction of sp³-hybridized carbons (Fsp3) is 0.294. The number of benzene rings is 4. The Morgan fingerprint density at radius 2 is 0.730 bits per heavy atom. The zero-order valence-electron chi connectivity index (χ0n) is 22.3. The average Bonchev–Trinajstić information content (AvgIpc) is 2.96. The molecule has 4 rings (SSSR count). The van der Waals surface area contributed by atoms with E-state index in [-0.39, 0.29) is 7.87 Å². The van der Waals surface area contributed by atoms with Crippen LogP contribution in [0.25, 0.3) is 0 Å². The minimum atomic E-state index is -4.19. The second kappa shape index (κ2) is 14.5. The first-order valence-electron chi connectivity index (χ1n) is 13.8. The third kappa shape index (κ3) is 6.93. The van der Waals surface area contributed by atoms with Gasteiger partial charge in [-0.25, -0.2) is 0 Å². The van der Waals surface area contributed by atoms with E-state index in [9.17, 15) is 0 Å². The molecule has 3 heteroatoms. The summed E-state index contributed by atoms with van der Waals surface area (Å²) in [6, 6.07) is 43.8.